The molecule has 4 aromatic rings. The predicted molar refractivity (Wildman–Crippen MR) is 472 cm³/mol. The van der Waals surface area contributed by atoms with Crippen molar-refractivity contribution in [2.75, 3.05) is 47.8 Å². The molecule has 1 N–H and O–H groups in total. The SMILES string of the molecule is CC1(C)CC[C@@]2(CCC3C4CCc5cc(F)ccc5C4CC[C@@]32C)OC1=O.CC1(C)CC[C@@]2(CCC3C4CCc5cc(O)c([N+](=O)[O-])cc5C4CC[C@@]32C)OC1=O.COCCOc1cc2c(cc1C(=O)OC)C1CC[C@@]3(C)C(CC[C@@]34CCC(C)(C)C(=O)O4)C1CC2.[C-]#[N+]c1cc2c(cc1OCCOC)CCC1C2CC[C@@]2(C)C1CC[C@@]21CCC(C)(C)C(=O)O1. The number of nitro benzene ring substituents is 1. The van der Waals surface area contributed by atoms with Crippen LogP contribution in [0.25, 0.3) is 4.85 Å². The van der Waals surface area contributed by atoms with E-state index in [0.717, 1.165) is 204 Å². The fraction of sp³-hybridized carbons (Fsp3) is 0.714. The van der Waals surface area contributed by atoms with Crippen LogP contribution in [0.4, 0.5) is 15.8 Å². The third-order valence-electron chi connectivity index (χ3n) is 38.1. The molecule has 4 aliphatic heterocycles. The topological polar surface area (TPSA) is 236 Å². The van der Waals surface area contributed by atoms with Crippen molar-refractivity contribution in [2.45, 2.75) is 335 Å². The Morgan fingerprint density at radius 2 is 0.768 bits per heavy atom. The first-order valence-corrected chi connectivity index (χ1v) is 48.0. The van der Waals surface area contributed by atoms with Gasteiger partial charge in [0.1, 0.15) is 58.5 Å². The van der Waals surface area contributed by atoms with Gasteiger partial charge in [0.2, 0.25) is 5.69 Å². The average molecular weight is 1720 g/mol. The second-order valence-corrected chi connectivity index (χ2v) is 45.2. The molecule has 0 amide bonds. The molecule has 0 aromatic heterocycles. The Balaban J connectivity index is 0.000000118. The number of esters is 5. The van der Waals surface area contributed by atoms with E-state index in [0.29, 0.717) is 114 Å². The summed E-state index contributed by atoms with van der Waals surface area (Å²) in [5.41, 5.74) is 8.39. The van der Waals surface area contributed by atoms with Gasteiger partial charge in [-0.15, -0.1) is 0 Å². The number of phenols is 1. The second kappa shape index (κ2) is 32.5. The molecule has 12 unspecified atom stereocenters. The molecule has 20 rings (SSSR count). The van der Waals surface area contributed by atoms with Gasteiger partial charge in [0, 0.05) is 41.9 Å². The smallest absolute Gasteiger partial charge is 0.341 e. The van der Waals surface area contributed by atoms with Gasteiger partial charge in [-0.05, 0) is 413 Å². The van der Waals surface area contributed by atoms with Crippen LogP contribution in [-0.4, -0.2) is 110 Å². The molecule has 4 heterocycles. The number of carbonyl (C=O) groups is 5. The zero-order valence-corrected chi connectivity index (χ0v) is 77.3. The van der Waals surface area contributed by atoms with E-state index in [1.165, 1.54) is 53.3 Å². The van der Waals surface area contributed by atoms with Crippen LogP contribution >= 0.6 is 0 Å². The summed E-state index contributed by atoms with van der Waals surface area (Å²) in [5.74, 6) is 6.68. The Kier molecular flexibility index (Phi) is 23.2. The predicted octanol–water partition coefficient (Wildman–Crippen LogP) is 22.7. The lowest BCUT2D eigenvalue weighted by Crippen LogP contribution is -2.56. The van der Waals surface area contributed by atoms with Crippen molar-refractivity contribution in [1.29, 1.82) is 0 Å². The number of phenolic OH excluding ortho intramolecular Hbond substituents is 1. The van der Waals surface area contributed by atoms with Gasteiger partial charge in [0.15, 0.2) is 5.75 Å². The molecule has 4 saturated heterocycles. The minimum atomic E-state index is -0.486. The summed E-state index contributed by atoms with van der Waals surface area (Å²) in [5, 5.41) is 21.5. The van der Waals surface area contributed by atoms with E-state index in [2.05, 4.69) is 50.7 Å². The van der Waals surface area contributed by atoms with Crippen LogP contribution < -0.4 is 9.47 Å². The van der Waals surface area contributed by atoms with Gasteiger partial charge in [-0.1, -0.05) is 39.3 Å². The molecule has 8 saturated carbocycles. The Hall–Kier alpha value is -7.63. The Morgan fingerprint density at radius 1 is 0.432 bits per heavy atom. The minimum Gasteiger partial charge on any atom is -0.502 e. The van der Waals surface area contributed by atoms with Crippen molar-refractivity contribution in [3.63, 3.8) is 0 Å². The Bertz CT molecular complexity index is 4960. The van der Waals surface area contributed by atoms with E-state index in [4.69, 9.17) is 49.2 Å². The van der Waals surface area contributed by atoms with E-state index in [1.807, 2.05) is 67.5 Å². The molecule has 20 atom stereocenters. The number of benzene rings is 4. The summed E-state index contributed by atoms with van der Waals surface area (Å²) in [4.78, 5) is 78.6. The highest BCUT2D eigenvalue weighted by Gasteiger charge is 2.71. The number of fused-ring (bicyclic) bond motifs is 24. The number of hydrogen-bond donors (Lipinski definition) is 1. The van der Waals surface area contributed by atoms with E-state index >= 15 is 0 Å². The van der Waals surface area contributed by atoms with Crippen LogP contribution in [0, 0.1) is 113 Å². The van der Waals surface area contributed by atoms with Crippen LogP contribution in [0.2, 0.25) is 0 Å². The van der Waals surface area contributed by atoms with E-state index in [1.54, 1.807) is 38.5 Å². The highest BCUT2D eigenvalue weighted by Crippen LogP contribution is 2.73. The number of ether oxygens (including phenoxy) is 9. The van der Waals surface area contributed by atoms with Gasteiger partial charge in [0.25, 0.3) is 0 Å². The number of aromatic hydroxyl groups is 1. The molecule has 20 heteroatoms. The summed E-state index contributed by atoms with van der Waals surface area (Å²) in [7, 11) is 4.71. The summed E-state index contributed by atoms with van der Waals surface area (Å²) in [6.07, 6.45) is 32.8. The van der Waals surface area contributed by atoms with Crippen LogP contribution in [-0.2, 0) is 78.0 Å². The number of nitrogens with zero attached hydrogens (tertiary/aromatic N) is 2. The molecule has 4 aromatic carbocycles. The number of rotatable bonds is 10. The number of halogens is 1. The van der Waals surface area contributed by atoms with E-state index in [9.17, 15) is 43.6 Å². The fourth-order valence-electron chi connectivity index (χ4n) is 30.2. The summed E-state index contributed by atoms with van der Waals surface area (Å²) in [6, 6.07) is 17.0. The molecular formula is C105H139FN2O17. The van der Waals surface area contributed by atoms with Gasteiger partial charge >= 0.3 is 35.5 Å². The van der Waals surface area contributed by atoms with Gasteiger partial charge in [-0.2, -0.15) is 0 Å². The Morgan fingerprint density at radius 3 is 1.12 bits per heavy atom. The van der Waals surface area contributed by atoms with E-state index < -0.39 is 10.3 Å². The molecular weight excluding hydrogens is 1580 g/mol. The van der Waals surface area contributed by atoms with Crippen molar-refractivity contribution >= 4 is 41.2 Å². The first-order chi connectivity index (χ1) is 59.2. The zero-order valence-electron chi connectivity index (χ0n) is 77.3. The average Bonchev–Trinajstić information content (AvgIpc) is 1.56. The molecule has 0 bridgehead atoms. The summed E-state index contributed by atoms with van der Waals surface area (Å²) in [6.45, 7) is 35.2. The van der Waals surface area contributed by atoms with Gasteiger partial charge in [0.05, 0.1) is 53.5 Å². The normalized spacial score (nSPS) is 37.9. The minimum absolute atomic E-state index is 0.00205. The van der Waals surface area contributed by atoms with Crippen molar-refractivity contribution in [3.05, 3.63) is 132 Å². The zero-order chi connectivity index (χ0) is 88.9. The molecule has 12 fully saturated rings. The second-order valence-electron chi connectivity index (χ2n) is 45.2. The monoisotopic (exact) mass is 1720 g/mol. The van der Waals surface area contributed by atoms with Gasteiger partial charge in [-0.25, -0.2) is 14.0 Å². The van der Waals surface area contributed by atoms with Crippen molar-refractivity contribution < 1.29 is 81.0 Å². The molecule has 4 spiro atoms. The van der Waals surface area contributed by atoms with Crippen molar-refractivity contribution in [3.8, 4) is 17.2 Å². The maximum absolute atomic E-state index is 13.7. The molecule has 678 valence electrons. The van der Waals surface area contributed by atoms with Crippen LogP contribution in [0.15, 0.2) is 54.6 Å². The number of aryl methyl sites for hydroxylation is 4. The molecule has 0 radical (unpaired) electrons. The summed E-state index contributed by atoms with van der Waals surface area (Å²) >= 11 is 0. The maximum Gasteiger partial charge on any atom is 0.341 e. The lowest BCUT2D eigenvalue weighted by molar-refractivity contribution is -0.386. The molecule has 125 heavy (non-hydrogen) atoms. The first-order valence-electron chi connectivity index (χ1n) is 48.0. The number of carbonyl (C=O) groups excluding carboxylic acids is 5. The number of methoxy groups -OCH3 is 3. The quantitative estimate of drug-likeness (QED) is 0.0388. The molecule has 12 aliphatic carbocycles. The number of nitro groups is 1. The molecule has 19 nitrogen and oxygen atoms in total. The van der Waals surface area contributed by atoms with Crippen molar-refractivity contribution in [1.82, 2.24) is 0 Å². The third-order valence-corrected chi connectivity index (χ3v) is 38.1. The first kappa shape index (κ1) is 89.4. The highest BCUT2D eigenvalue weighted by molar-refractivity contribution is 5.93. The van der Waals surface area contributed by atoms with Crippen LogP contribution in [0.5, 0.6) is 17.2 Å². The van der Waals surface area contributed by atoms with Gasteiger partial charge in [-0.3, -0.25) is 29.3 Å². The lowest BCUT2D eigenvalue weighted by atomic mass is 9.52. The lowest BCUT2D eigenvalue weighted by Gasteiger charge is -2.56. The standard InChI is InChI=1S/C29H40O6.C28H37NO4.C24H31FO2.C24H31NO5/c1-27(2)12-13-29(35-26(27)31)11-9-23-20-7-6-18-16-24(34-15-14-32-4)22(25(30)33-5)17-21(18)19(20)8-10-28(23,29)3;1-26(2)12-13-28(33-25(26)30)11-9-22-20-7-6-18-16-24(32-15-14-31-5)23(29-4)17-21(18)19(20)8-10-27(22,28)3;1-22(2)12-13-24(27-21(22)26)11-9-20-19-6-4-15-14-16(25)5-7-17(15)18(19)8-10-23(20,24)3;1-22(2)10-11-24(30-21(22)27)9-7-18-16-5-4-14-12-20(26)19(25(28)29)13-17(14)15(16)6-8-23(18,24)3/h16-17,19-20,23H,6-15H2,1-5H3;16-17,19-20,22H,6-15H2,1-3,5H3;5,7,14,18-20H,4,6,8-13H2,1-3H3;12-13,15-16,18,26H,4-11H2,1-3H3/t19?,20?,23?,28-,29+;19?,20?,22?,27-,28+;18?,19?,20?,23-,24+;15?,16?,18?,23-,24+/m0000/s1. The maximum atomic E-state index is 13.7. The molecule has 16 aliphatic rings. The Labute approximate surface area is 740 Å². The highest BCUT2D eigenvalue weighted by atomic mass is 19.1. The largest absolute Gasteiger partial charge is 0.502 e. The van der Waals surface area contributed by atoms with Crippen LogP contribution in [0.3, 0.4) is 0 Å². The van der Waals surface area contributed by atoms with Crippen LogP contribution in [0.1, 0.15) is 341 Å². The fourth-order valence-corrected chi connectivity index (χ4v) is 30.2. The van der Waals surface area contributed by atoms with Gasteiger partial charge < -0.3 is 47.7 Å². The third kappa shape index (κ3) is 14.6. The van der Waals surface area contributed by atoms with E-state index in [-0.39, 0.29) is 113 Å². The van der Waals surface area contributed by atoms with Crippen molar-refractivity contribution in [2.24, 2.45) is 90.7 Å². The number of hydrogen-bond acceptors (Lipinski definition) is 17. The summed E-state index contributed by atoms with van der Waals surface area (Å²) < 4.78 is 66.1.